The van der Waals surface area contributed by atoms with Gasteiger partial charge in [-0.3, -0.25) is 0 Å². The first kappa shape index (κ1) is 13.9. The average Bonchev–Trinajstić information content (AvgIpc) is 1.98. The van der Waals surface area contributed by atoms with Crippen LogP contribution in [-0.2, 0) is 24.7 Å². The predicted molar refractivity (Wildman–Crippen MR) is 31.1 cm³/mol. The number of hydrogen-bond acceptors (Lipinski definition) is 0. The molecule has 0 nitrogen and oxygen atoms in total. The van der Waals surface area contributed by atoms with Crippen molar-refractivity contribution in [3.63, 3.8) is 0 Å². The first-order valence-corrected chi connectivity index (χ1v) is 4.03. The van der Waals surface area contributed by atoms with E-state index in [-0.39, 0.29) is 34.0 Å². The Kier molecular flexibility index (Phi) is 8.20. The van der Waals surface area contributed by atoms with Gasteiger partial charge in [0.05, 0.1) is 0 Å². The van der Waals surface area contributed by atoms with E-state index in [0.717, 1.165) is 0 Å². The third-order valence-electron chi connectivity index (χ3n) is 1.66. The molecule has 1 rings (SSSR count). The van der Waals surface area contributed by atoms with Crippen molar-refractivity contribution in [2.75, 3.05) is 0 Å². The van der Waals surface area contributed by atoms with E-state index < -0.39 is 0 Å². The van der Waals surface area contributed by atoms with Crippen LogP contribution >= 0.6 is 0 Å². The van der Waals surface area contributed by atoms with Crippen LogP contribution in [0.15, 0.2) is 20.5 Å². The van der Waals surface area contributed by atoms with E-state index in [0.29, 0.717) is 0 Å². The topological polar surface area (TPSA) is 0 Å². The fourth-order valence-electron chi connectivity index (χ4n) is 0.799. The molecule has 0 spiro atoms. The Morgan fingerprint density at radius 3 is 1.90 bits per heavy atom. The van der Waals surface area contributed by atoms with Gasteiger partial charge in [-0.1, -0.05) is 0 Å². The zero-order valence-electron chi connectivity index (χ0n) is 6.04. The summed E-state index contributed by atoms with van der Waals surface area (Å²) in [4.78, 5) is 0. The first-order chi connectivity index (χ1) is 3.72. The number of hydrogen-bond donors (Lipinski definition) is 0. The van der Waals surface area contributed by atoms with Crippen LogP contribution in [-0.4, -0.2) is 0 Å². The number of allylic oxidation sites excluding steroid dienone is 4. The van der Waals surface area contributed by atoms with Crippen LogP contribution in [0.4, 0.5) is 0 Å². The molecule has 0 saturated heterocycles. The Labute approximate surface area is 98.5 Å². The second kappa shape index (κ2) is 5.91. The van der Waals surface area contributed by atoms with Crippen molar-refractivity contribution < 1.29 is 58.7 Å². The molecule has 0 amide bonds. The molecule has 0 N–H and O–H groups in total. The summed E-state index contributed by atoms with van der Waals surface area (Å²) in [5.41, 5.74) is 3.01. The van der Waals surface area contributed by atoms with Crippen molar-refractivity contribution >= 4 is 0 Å². The second-order valence-corrected chi connectivity index (χ2v) is 3.68. The smallest absolute Gasteiger partial charge is 1.00 e. The standard InChI is InChI=1S/C7H9.2BrH.Zr/c1-6-4-3-5-7(6)2;;;/h4H,3H2,1-2H3;2*1H;/q;;;+2/p-2. The van der Waals surface area contributed by atoms with Crippen LogP contribution < -0.4 is 34.0 Å². The predicted octanol–water partition coefficient (Wildman–Crippen LogP) is -3.83. The monoisotopic (exact) mass is 341 g/mol. The van der Waals surface area contributed by atoms with Gasteiger partial charge in [0.25, 0.3) is 0 Å². The van der Waals surface area contributed by atoms with E-state index in [4.69, 9.17) is 0 Å². The molecule has 1 aliphatic rings. The maximum absolute atomic E-state index is 2.30. The Hall–Kier alpha value is 1.32. The first-order valence-electron chi connectivity index (χ1n) is 2.80. The van der Waals surface area contributed by atoms with Crippen molar-refractivity contribution in [3.05, 3.63) is 20.5 Å². The molecule has 0 unspecified atom stereocenters. The van der Waals surface area contributed by atoms with Crippen molar-refractivity contribution in [2.24, 2.45) is 0 Å². The van der Waals surface area contributed by atoms with Gasteiger partial charge in [-0.2, -0.15) is 0 Å². The molecule has 0 fully saturated rings. The molecule has 3 heteroatoms. The molecular formula is C7H9Br2Zr. The van der Waals surface area contributed by atoms with Crippen molar-refractivity contribution in [1.29, 1.82) is 0 Å². The summed E-state index contributed by atoms with van der Waals surface area (Å²) in [5, 5.41) is 0. The van der Waals surface area contributed by atoms with Gasteiger partial charge in [-0.25, -0.2) is 0 Å². The van der Waals surface area contributed by atoms with E-state index in [9.17, 15) is 0 Å². The summed E-state index contributed by atoms with van der Waals surface area (Å²) < 4.78 is 1.62. The summed E-state index contributed by atoms with van der Waals surface area (Å²) in [6, 6.07) is 0. The van der Waals surface area contributed by atoms with Gasteiger partial charge < -0.3 is 34.0 Å². The molecule has 0 bridgehead atoms. The van der Waals surface area contributed by atoms with Gasteiger partial charge in [0.15, 0.2) is 0 Å². The Balaban J connectivity index is 0. The molecule has 10 heavy (non-hydrogen) atoms. The van der Waals surface area contributed by atoms with Gasteiger partial charge in [0, 0.05) is 0 Å². The van der Waals surface area contributed by atoms with Crippen LogP contribution in [0, 0.1) is 0 Å². The summed E-state index contributed by atoms with van der Waals surface area (Å²) in [7, 11) is 0. The van der Waals surface area contributed by atoms with E-state index in [1.165, 1.54) is 17.6 Å². The number of halogens is 2. The fourth-order valence-corrected chi connectivity index (χ4v) is 1.53. The van der Waals surface area contributed by atoms with Crippen LogP contribution in [0.1, 0.15) is 20.3 Å². The molecule has 0 saturated carbocycles. The molecule has 1 aliphatic carbocycles. The normalized spacial score (nSPS) is 15.8. The van der Waals surface area contributed by atoms with Crippen LogP contribution in [0.3, 0.4) is 0 Å². The van der Waals surface area contributed by atoms with E-state index >= 15 is 0 Å². The van der Waals surface area contributed by atoms with E-state index in [1.807, 2.05) is 0 Å². The SMILES string of the molecule is CC1=CC[C]([Zr+2])=C1C.[Br-].[Br-]. The molecule has 0 radical (unpaired) electrons. The Morgan fingerprint density at radius 2 is 1.80 bits per heavy atom. The van der Waals surface area contributed by atoms with Crippen molar-refractivity contribution in [2.45, 2.75) is 20.3 Å². The zero-order chi connectivity index (χ0) is 6.15. The summed E-state index contributed by atoms with van der Waals surface area (Å²) in [5.74, 6) is 0. The van der Waals surface area contributed by atoms with Crippen molar-refractivity contribution in [1.82, 2.24) is 0 Å². The van der Waals surface area contributed by atoms with Gasteiger partial charge in [-0.15, -0.1) is 0 Å². The third kappa shape index (κ3) is 3.15. The third-order valence-corrected chi connectivity index (χ3v) is 3.08. The maximum atomic E-state index is 2.30. The number of rotatable bonds is 0. The molecular weight excluding hydrogens is 335 g/mol. The van der Waals surface area contributed by atoms with Crippen LogP contribution in [0.2, 0.25) is 0 Å². The van der Waals surface area contributed by atoms with Crippen LogP contribution in [0.5, 0.6) is 0 Å². The second-order valence-electron chi connectivity index (χ2n) is 2.19. The molecule has 55 valence electrons. The summed E-state index contributed by atoms with van der Waals surface area (Å²) in [6.07, 6.45) is 3.52. The summed E-state index contributed by atoms with van der Waals surface area (Å²) in [6.45, 7) is 4.40. The Morgan fingerprint density at radius 1 is 1.30 bits per heavy atom. The van der Waals surface area contributed by atoms with Gasteiger partial charge >= 0.3 is 65.5 Å². The quantitative estimate of drug-likeness (QED) is 0.423. The molecule has 0 aromatic heterocycles. The zero-order valence-corrected chi connectivity index (χ0v) is 11.7. The molecule has 0 aromatic rings. The van der Waals surface area contributed by atoms with Gasteiger partial charge in [-0.05, 0) is 0 Å². The minimum Gasteiger partial charge on any atom is -1.00 e. The molecule has 0 aromatic carbocycles. The minimum absolute atomic E-state index is 0. The van der Waals surface area contributed by atoms with Crippen molar-refractivity contribution in [3.8, 4) is 0 Å². The van der Waals surface area contributed by atoms with Crippen LogP contribution in [0.25, 0.3) is 0 Å². The molecule has 0 heterocycles. The fraction of sp³-hybridized carbons (Fsp3) is 0.429. The summed E-state index contributed by atoms with van der Waals surface area (Å²) >= 11 is 1.58. The minimum atomic E-state index is 0. The van der Waals surface area contributed by atoms with E-state index in [1.54, 1.807) is 28.0 Å². The van der Waals surface area contributed by atoms with E-state index in [2.05, 4.69) is 19.9 Å². The largest absolute Gasteiger partial charge is 1.00 e. The van der Waals surface area contributed by atoms with Gasteiger partial charge in [0.1, 0.15) is 0 Å². The molecule has 0 atom stereocenters. The van der Waals surface area contributed by atoms with Gasteiger partial charge in [0.2, 0.25) is 0 Å². The average molecular weight is 344 g/mol. The Bertz CT molecular complexity index is 165. The molecule has 0 aliphatic heterocycles. The maximum Gasteiger partial charge on any atom is -1.00 e.